The minimum absolute atomic E-state index is 0.0109. The molecule has 1 atom stereocenters. The average molecular weight is 456 g/mol. The molecule has 6 heteroatoms. The van der Waals surface area contributed by atoms with E-state index >= 15 is 0 Å². The number of benzene rings is 2. The van der Waals surface area contributed by atoms with E-state index in [0.29, 0.717) is 30.9 Å². The number of hydrogen-bond donors (Lipinski definition) is 2. The third-order valence-corrected chi connectivity index (χ3v) is 7.28. The topological polar surface area (TPSA) is 84.2 Å². The van der Waals surface area contributed by atoms with Gasteiger partial charge in [-0.2, -0.15) is 0 Å². The Morgan fingerprint density at radius 1 is 1.03 bits per heavy atom. The molecule has 1 aliphatic rings. The second kappa shape index (κ2) is 9.29. The van der Waals surface area contributed by atoms with Crippen LogP contribution in [0.4, 0.5) is 0 Å². The second-order valence-corrected chi connectivity index (χ2v) is 9.39. The van der Waals surface area contributed by atoms with Crippen LogP contribution in [0.5, 0.6) is 0 Å². The van der Waals surface area contributed by atoms with Gasteiger partial charge < -0.3 is 15.0 Å². The summed E-state index contributed by atoms with van der Waals surface area (Å²) in [6, 6.07) is 18.0. The first-order valence-electron chi connectivity index (χ1n) is 12.0. The summed E-state index contributed by atoms with van der Waals surface area (Å²) in [5, 5.41) is 14.6. The third-order valence-electron chi connectivity index (χ3n) is 7.28. The van der Waals surface area contributed by atoms with Crippen LogP contribution in [0.1, 0.15) is 48.5 Å². The van der Waals surface area contributed by atoms with Gasteiger partial charge in [0.25, 0.3) is 5.91 Å². The normalized spacial score (nSPS) is 19.2. The molecule has 2 aromatic heterocycles. The van der Waals surface area contributed by atoms with Gasteiger partial charge in [0.1, 0.15) is 0 Å². The molecule has 2 aromatic carbocycles. The third kappa shape index (κ3) is 4.28. The Bertz CT molecular complexity index is 1350. The van der Waals surface area contributed by atoms with E-state index in [0.717, 1.165) is 40.2 Å². The maximum absolute atomic E-state index is 13.4. The molecule has 34 heavy (non-hydrogen) atoms. The summed E-state index contributed by atoms with van der Waals surface area (Å²) in [5.74, 6) is -0.745. The van der Waals surface area contributed by atoms with E-state index in [9.17, 15) is 14.7 Å². The lowest BCUT2D eigenvalue weighted by Gasteiger charge is -2.31. The number of fused-ring (bicyclic) bond motifs is 2. The van der Waals surface area contributed by atoms with Crippen molar-refractivity contribution in [1.29, 1.82) is 0 Å². The first-order chi connectivity index (χ1) is 16.5. The molecule has 6 nitrogen and oxygen atoms in total. The summed E-state index contributed by atoms with van der Waals surface area (Å²) in [4.78, 5) is 29.2. The highest BCUT2D eigenvalue weighted by Gasteiger charge is 2.29. The molecule has 2 N–H and O–H groups in total. The van der Waals surface area contributed by atoms with Gasteiger partial charge in [-0.3, -0.25) is 14.6 Å². The zero-order valence-corrected chi connectivity index (χ0v) is 19.3. The van der Waals surface area contributed by atoms with E-state index in [1.165, 1.54) is 0 Å². The predicted octanol–water partition coefficient (Wildman–Crippen LogP) is 5.25. The van der Waals surface area contributed by atoms with Crippen molar-refractivity contribution in [2.24, 2.45) is 11.8 Å². The molecule has 0 saturated heterocycles. The molecule has 2 heterocycles. The zero-order valence-electron chi connectivity index (χ0n) is 19.3. The smallest absolute Gasteiger partial charge is 0.306 e. The minimum Gasteiger partial charge on any atom is -0.481 e. The molecular formula is C28H29N3O3. The fourth-order valence-electron chi connectivity index (χ4n) is 5.32. The largest absolute Gasteiger partial charge is 0.481 e. The molecule has 0 bridgehead atoms. The second-order valence-electron chi connectivity index (χ2n) is 9.39. The maximum atomic E-state index is 13.4. The average Bonchev–Trinajstić information content (AvgIpc) is 3.27. The Kier molecular flexibility index (Phi) is 6.05. The minimum atomic E-state index is -0.705. The summed E-state index contributed by atoms with van der Waals surface area (Å²) in [6.07, 6.45) is 6.85. The van der Waals surface area contributed by atoms with Gasteiger partial charge in [0.2, 0.25) is 0 Å². The van der Waals surface area contributed by atoms with Crippen LogP contribution in [0.3, 0.4) is 0 Å². The van der Waals surface area contributed by atoms with Crippen molar-refractivity contribution < 1.29 is 14.7 Å². The molecule has 5 rings (SSSR count). The summed E-state index contributed by atoms with van der Waals surface area (Å²) < 4.78 is 2.12. The van der Waals surface area contributed by atoms with Gasteiger partial charge >= 0.3 is 5.97 Å². The van der Waals surface area contributed by atoms with E-state index in [-0.39, 0.29) is 17.9 Å². The molecule has 4 aromatic rings. The SMILES string of the molecule is CC(NC(=O)c1cccc2ccn(Cc3cccc4cccnc34)c12)[C@H]1CC[C@H](C(=O)O)CC1. The van der Waals surface area contributed by atoms with Crippen LogP contribution in [0, 0.1) is 11.8 Å². The van der Waals surface area contributed by atoms with Crippen LogP contribution in [0.15, 0.2) is 67.0 Å². The van der Waals surface area contributed by atoms with Crippen LogP contribution >= 0.6 is 0 Å². The molecule has 1 amide bonds. The number of carbonyl (C=O) groups is 2. The molecule has 174 valence electrons. The van der Waals surface area contributed by atoms with Gasteiger partial charge in [0, 0.05) is 35.8 Å². The van der Waals surface area contributed by atoms with Crippen molar-refractivity contribution in [2.45, 2.75) is 45.2 Å². The van der Waals surface area contributed by atoms with Crippen LogP contribution in [0.25, 0.3) is 21.8 Å². The van der Waals surface area contributed by atoms with E-state index in [1.54, 1.807) is 0 Å². The molecule has 1 fully saturated rings. The number of hydrogen-bond acceptors (Lipinski definition) is 3. The van der Waals surface area contributed by atoms with Gasteiger partial charge in [-0.25, -0.2) is 0 Å². The fraction of sp³-hybridized carbons (Fsp3) is 0.321. The lowest BCUT2D eigenvalue weighted by Crippen LogP contribution is -2.40. The Morgan fingerprint density at radius 3 is 2.56 bits per heavy atom. The molecule has 0 aliphatic heterocycles. The highest BCUT2D eigenvalue weighted by Crippen LogP contribution is 2.31. The molecule has 1 saturated carbocycles. The summed E-state index contributed by atoms with van der Waals surface area (Å²) in [5.41, 5.74) is 3.64. The Morgan fingerprint density at radius 2 is 1.76 bits per heavy atom. The quantitative estimate of drug-likeness (QED) is 0.416. The summed E-state index contributed by atoms with van der Waals surface area (Å²) >= 11 is 0. The number of amides is 1. The Labute approximate surface area is 198 Å². The number of pyridine rings is 1. The number of rotatable bonds is 6. The van der Waals surface area contributed by atoms with Crippen molar-refractivity contribution in [3.63, 3.8) is 0 Å². The van der Waals surface area contributed by atoms with E-state index < -0.39 is 5.97 Å². The number of carboxylic acids is 1. The number of carboxylic acid groups (broad SMARTS) is 1. The molecule has 0 spiro atoms. The number of para-hydroxylation sites is 2. The number of carbonyl (C=O) groups excluding carboxylic acids is 1. The molecule has 0 radical (unpaired) electrons. The first-order valence-corrected chi connectivity index (χ1v) is 12.0. The number of aromatic nitrogens is 2. The summed E-state index contributed by atoms with van der Waals surface area (Å²) in [6.45, 7) is 2.65. The van der Waals surface area contributed by atoms with Gasteiger partial charge in [0.05, 0.1) is 22.5 Å². The van der Waals surface area contributed by atoms with E-state index in [2.05, 4.69) is 33.1 Å². The van der Waals surface area contributed by atoms with Crippen molar-refractivity contribution in [3.8, 4) is 0 Å². The van der Waals surface area contributed by atoms with Crippen molar-refractivity contribution >= 4 is 33.7 Å². The standard InChI is InChI=1S/C28H29N3O3/c1-18(19-10-12-22(13-11-19)28(33)34)30-27(32)24-9-3-6-21-14-16-31(26(21)24)17-23-7-2-5-20-8-4-15-29-25(20)23/h2-9,14-16,18-19,22H,10-13,17H2,1H3,(H,30,32)(H,33,34)/t18?,19-,22-. The predicted molar refractivity (Wildman–Crippen MR) is 133 cm³/mol. The zero-order chi connectivity index (χ0) is 23.7. The number of nitrogens with zero attached hydrogens (tertiary/aromatic N) is 2. The van der Waals surface area contributed by atoms with Crippen LogP contribution in [-0.2, 0) is 11.3 Å². The Balaban J connectivity index is 1.38. The van der Waals surface area contributed by atoms with Crippen molar-refractivity contribution in [3.05, 3.63) is 78.1 Å². The van der Waals surface area contributed by atoms with Gasteiger partial charge in [-0.05, 0) is 62.3 Å². The van der Waals surface area contributed by atoms with Gasteiger partial charge in [0.15, 0.2) is 0 Å². The monoisotopic (exact) mass is 455 g/mol. The molecular weight excluding hydrogens is 426 g/mol. The van der Waals surface area contributed by atoms with Crippen molar-refractivity contribution in [1.82, 2.24) is 14.9 Å². The Hall–Kier alpha value is -3.67. The lowest BCUT2D eigenvalue weighted by atomic mass is 9.79. The van der Waals surface area contributed by atoms with Crippen LogP contribution < -0.4 is 5.32 Å². The van der Waals surface area contributed by atoms with E-state index in [1.807, 2.05) is 55.7 Å². The van der Waals surface area contributed by atoms with Gasteiger partial charge in [-0.1, -0.05) is 36.4 Å². The number of nitrogens with one attached hydrogen (secondary N) is 1. The van der Waals surface area contributed by atoms with Crippen molar-refractivity contribution in [2.75, 3.05) is 0 Å². The summed E-state index contributed by atoms with van der Waals surface area (Å²) in [7, 11) is 0. The van der Waals surface area contributed by atoms with E-state index in [4.69, 9.17) is 0 Å². The highest BCUT2D eigenvalue weighted by atomic mass is 16.4. The fourth-order valence-corrected chi connectivity index (χ4v) is 5.32. The van der Waals surface area contributed by atoms with Gasteiger partial charge in [-0.15, -0.1) is 0 Å². The molecule has 1 unspecified atom stereocenters. The van der Waals surface area contributed by atoms with Crippen LogP contribution in [0.2, 0.25) is 0 Å². The maximum Gasteiger partial charge on any atom is 0.306 e. The lowest BCUT2D eigenvalue weighted by molar-refractivity contribution is -0.143. The first kappa shape index (κ1) is 22.1. The molecule has 1 aliphatic carbocycles. The number of aliphatic carboxylic acids is 1. The highest BCUT2D eigenvalue weighted by molar-refractivity contribution is 6.06. The van der Waals surface area contributed by atoms with Crippen LogP contribution in [-0.4, -0.2) is 32.6 Å².